The number of nitrogens with one attached hydrogen (secondary N) is 2. The van der Waals surface area contributed by atoms with Gasteiger partial charge in [0.15, 0.2) is 0 Å². The van der Waals surface area contributed by atoms with Crippen molar-refractivity contribution in [2.45, 2.75) is 26.5 Å². The van der Waals surface area contributed by atoms with Crippen molar-refractivity contribution in [1.29, 1.82) is 0 Å². The second kappa shape index (κ2) is 12.7. The van der Waals surface area contributed by atoms with Crippen molar-refractivity contribution in [2.75, 3.05) is 0 Å². The molecule has 0 aliphatic carbocycles. The van der Waals surface area contributed by atoms with Crippen LogP contribution in [0, 0.1) is 5.92 Å². The van der Waals surface area contributed by atoms with E-state index in [9.17, 15) is 9.59 Å². The number of rotatable bonds is 9. The fraction of sp³-hybridized carbons (Fsp3) is 0.192. The molecule has 182 valence electrons. The number of hydrogen-bond donors (Lipinski definition) is 2. The van der Waals surface area contributed by atoms with Gasteiger partial charge in [-0.3, -0.25) is 9.59 Å². The molecule has 3 aromatic carbocycles. The van der Waals surface area contributed by atoms with E-state index in [-0.39, 0.29) is 11.8 Å². The molecule has 0 radical (unpaired) electrons. The lowest BCUT2D eigenvalue weighted by molar-refractivity contribution is -0.123. The van der Waals surface area contributed by atoms with Crippen LogP contribution in [-0.4, -0.2) is 24.1 Å². The summed E-state index contributed by atoms with van der Waals surface area (Å²) in [6.45, 7) is 4.01. The first-order chi connectivity index (χ1) is 16.7. The molecular weight excluding hydrogens is 553 g/mol. The first kappa shape index (κ1) is 26.7. The van der Waals surface area contributed by atoms with Gasteiger partial charge in [0.05, 0.1) is 10.7 Å². The fourth-order valence-corrected chi connectivity index (χ4v) is 4.01. The van der Waals surface area contributed by atoms with Crippen LogP contribution in [0.4, 0.5) is 0 Å². The quantitative estimate of drug-likeness (QED) is 0.234. The molecule has 3 aromatic rings. The van der Waals surface area contributed by atoms with Crippen molar-refractivity contribution in [3.8, 4) is 5.75 Å². The summed E-state index contributed by atoms with van der Waals surface area (Å²) in [5, 5.41) is 7.87. The second-order valence-electron chi connectivity index (χ2n) is 8.01. The van der Waals surface area contributed by atoms with Crippen molar-refractivity contribution in [3.63, 3.8) is 0 Å². The Kier molecular flexibility index (Phi) is 9.72. The average molecular weight is 577 g/mol. The monoisotopic (exact) mass is 575 g/mol. The Hall–Kier alpha value is -2.87. The van der Waals surface area contributed by atoms with Crippen LogP contribution in [-0.2, 0) is 11.4 Å². The van der Waals surface area contributed by atoms with Crippen molar-refractivity contribution in [2.24, 2.45) is 11.0 Å². The molecule has 9 heteroatoms. The zero-order valence-corrected chi connectivity index (χ0v) is 22.2. The third kappa shape index (κ3) is 7.82. The minimum Gasteiger partial charge on any atom is -0.488 e. The zero-order chi connectivity index (χ0) is 25.4. The molecule has 0 saturated heterocycles. The van der Waals surface area contributed by atoms with Crippen molar-refractivity contribution < 1.29 is 14.3 Å². The lowest BCUT2D eigenvalue weighted by Crippen LogP contribution is -2.48. The van der Waals surface area contributed by atoms with Crippen LogP contribution in [0.15, 0.2) is 76.3 Å². The van der Waals surface area contributed by atoms with Crippen LogP contribution in [0.25, 0.3) is 0 Å². The van der Waals surface area contributed by atoms with Crippen LogP contribution in [0.5, 0.6) is 5.75 Å². The molecule has 6 nitrogen and oxygen atoms in total. The van der Waals surface area contributed by atoms with Crippen LogP contribution >= 0.6 is 39.1 Å². The SMILES string of the molecule is CC(C)C(NC(=O)c1cccc(Cl)c1)C(=O)NN=Cc1ccc(OCc2ccccc2Cl)c(Br)c1. The number of hydrazone groups is 1. The Labute approximate surface area is 222 Å². The highest BCUT2D eigenvalue weighted by Gasteiger charge is 2.24. The molecule has 0 fully saturated rings. The normalized spacial score (nSPS) is 11.9. The van der Waals surface area contributed by atoms with E-state index in [0.29, 0.717) is 28.0 Å². The van der Waals surface area contributed by atoms with Gasteiger partial charge in [0, 0.05) is 21.2 Å². The predicted octanol–water partition coefficient (Wildman–Crippen LogP) is 6.24. The van der Waals surface area contributed by atoms with Gasteiger partial charge >= 0.3 is 0 Å². The smallest absolute Gasteiger partial charge is 0.262 e. The summed E-state index contributed by atoms with van der Waals surface area (Å²) < 4.78 is 6.58. The van der Waals surface area contributed by atoms with Gasteiger partial charge in [0.25, 0.3) is 11.8 Å². The predicted molar refractivity (Wildman–Crippen MR) is 143 cm³/mol. The Morgan fingerprint density at radius 2 is 1.83 bits per heavy atom. The van der Waals surface area contributed by atoms with Gasteiger partial charge in [0.1, 0.15) is 18.4 Å². The largest absolute Gasteiger partial charge is 0.488 e. The highest BCUT2D eigenvalue weighted by Crippen LogP contribution is 2.27. The first-order valence-corrected chi connectivity index (χ1v) is 12.3. The molecule has 35 heavy (non-hydrogen) atoms. The molecule has 0 spiro atoms. The maximum atomic E-state index is 12.7. The number of hydrogen-bond acceptors (Lipinski definition) is 4. The van der Waals surface area contributed by atoms with E-state index in [4.69, 9.17) is 27.9 Å². The average Bonchev–Trinajstić information content (AvgIpc) is 2.82. The van der Waals surface area contributed by atoms with Gasteiger partial charge in [-0.15, -0.1) is 0 Å². The lowest BCUT2D eigenvalue weighted by atomic mass is 10.0. The summed E-state index contributed by atoms with van der Waals surface area (Å²) in [6, 6.07) is 18.7. The third-order valence-electron chi connectivity index (χ3n) is 5.01. The summed E-state index contributed by atoms with van der Waals surface area (Å²) in [7, 11) is 0. The van der Waals surface area contributed by atoms with E-state index in [1.165, 1.54) is 6.21 Å². The van der Waals surface area contributed by atoms with E-state index in [1.807, 2.05) is 50.2 Å². The van der Waals surface area contributed by atoms with E-state index in [2.05, 4.69) is 31.8 Å². The van der Waals surface area contributed by atoms with Gasteiger partial charge < -0.3 is 10.1 Å². The lowest BCUT2D eigenvalue weighted by Gasteiger charge is -2.20. The van der Waals surface area contributed by atoms with Gasteiger partial charge in [-0.05, 0) is 69.9 Å². The highest BCUT2D eigenvalue weighted by molar-refractivity contribution is 9.10. The topological polar surface area (TPSA) is 79.8 Å². The van der Waals surface area contributed by atoms with E-state index >= 15 is 0 Å². The van der Waals surface area contributed by atoms with Crippen molar-refractivity contribution in [1.82, 2.24) is 10.7 Å². The maximum absolute atomic E-state index is 12.7. The number of carbonyl (C=O) groups excluding carboxylic acids is 2. The molecule has 2 amide bonds. The summed E-state index contributed by atoms with van der Waals surface area (Å²) >= 11 is 15.6. The Morgan fingerprint density at radius 3 is 2.51 bits per heavy atom. The molecule has 0 bridgehead atoms. The van der Waals surface area contributed by atoms with Gasteiger partial charge in [-0.1, -0.05) is 61.3 Å². The van der Waals surface area contributed by atoms with Crippen LogP contribution in [0.1, 0.15) is 35.3 Å². The number of carbonyl (C=O) groups is 2. The summed E-state index contributed by atoms with van der Waals surface area (Å²) in [6.07, 6.45) is 1.51. The molecule has 3 rings (SSSR count). The van der Waals surface area contributed by atoms with Gasteiger partial charge in [0.2, 0.25) is 0 Å². The fourth-order valence-electron chi connectivity index (χ4n) is 3.11. The Morgan fingerprint density at radius 1 is 1.06 bits per heavy atom. The van der Waals surface area contributed by atoms with Crippen LogP contribution < -0.4 is 15.5 Å². The van der Waals surface area contributed by atoms with Crippen molar-refractivity contribution >= 4 is 57.2 Å². The Bertz CT molecular complexity index is 1230. The molecule has 1 atom stereocenters. The van der Waals surface area contributed by atoms with E-state index in [1.54, 1.807) is 30.3 Å². The molecule has 0 aliphatic rings. The van der Waals surface area contributed by atoms with E-state index in [0.717, 1.165) is 15.6 Å². The minimum atomic E-state index is -0.772. The molecule has 0 saturated carbocycles. The second-order valence-corrected chi connectivity index (χ2v) is 9.71. The molecule has 0 aliphatic heterocycles. The van der Waals surface area contributed by atoms with E-state index < -0.39 is 11.9 Å². The number of benzene rings is 3. The zero-order valence-electron chi connectivity index (χ0n) is 19.1. The number of amides is 2. The van der Waals surface area contributed by atoms with Crippen LogP contribution in [0.3, 0.4) is 0 Å². The molecule has 0 aromatic heterocycles. The summed E-state index contributed by atoms with van der Waals surface area (Å²) in [5.41, 5.74) is 4.50. The maximum Gasteiger partial charge on any atom is 0.262 e. The van der Waals surface area contributed by atoms with Crippen LogP contribution in [0.2, 0.25) is 10.0 Å². The number of nitrogens with zero attached hydrogens (tertiary/aromatic N) is 1. The Balaban J connectivity index is 1.58. The van der Waals surface area contributed by atoms with Gasteiger partial charge in [-0.2, -0.15) is 5.10 Å². The highest BCUT2D eigenvalue weighted by atomic mass is 79.9. The first-order valence-electron chi connectivity index (χ1n) is 10.8. The molecular formula is C26H24BrCl2N3O3. The number of ether oxygens (including phenoxy) is 1. The minimum absolute atomic E-state index is 0.156. The molecule has 2 N–H and O–H groups in total. The third-order valence-corrected chi connectivity index (χ3v) is 6.23. The standard InChI is InChI=1S/C26H24BrCl2N3O3/c1-16(2)24(31-25(33)18-7-5-8-20(28)13-18)26(34)32-30-14-17-10-11-23(21(27)12-17)35-15-19-6-3-4-9-22(19)29/h3-14,16,24H,15H2,1-2H3,(H,31,33)(H,32,34). The molecule has 1 unspecified atom stereocenters. The summed E-state index contributed by atoms with van der Waals surface area (Å²) in [5.74, 6) is -0.321. The van der Waals surface area contributed by atoms with Gasteiger partial charge in [-0.25, -0.2) is 5.43 Å². The summed E-state index contributed by atoms with van der Waals surface area (Å²) in [4.78, 5) is 25.2. The molecule has 0 heterocycles. The number of halogens is 3. The van der Waals surface area contributed by atoms with Crippen molar-refractivity contribution in [3.05, 3.63) is 97.9 Å².